The van der Waals surface area contributed by atoms with Crippen LogP contribution in [0.3, 0.4) is 0 Å². The van der Waals surface area contributed by atoms with E-state index in [1.54, 1.807) is 30.3 Å². The molecule has 11 nitrogen and oxygen atoms in total. The molecule has 1 aliphatic rings. The van der Waals surface area contributed by atoms with Gasteiger partial charge in [0.15, 0.2) is 30.5 Å². The Hall–Kier alpha value is -3.49. The van der Waals surface area contributed by atoms with Gasteiger partial charge >= 0.3 is 23.9 Å². The maximum atomic E-state index is 11.8. The van der Waals surface area contributed by atoms with Crippen molar-refractivity contribution in [1.82, 2.24) is 0 Å². The highest BCUT2D eigenvalue weighted by Gasteiger charge is 2.55. The average molecular weight is 435 g/mol. The molecule has 0 radical (unpaired) electrons. The molecule has 0 aliphatic carbocycles. The Morgan fingerprint density at radius 1 is 0.935 bits per heavy atom. The zero-order valence-electron chi connectivity index (χ0n) is 16.9. The first-order valence-corrected chi connectivity index (χ1v) is 9.14. The van der Waals surface area contributed by atoms with Gasteiger partial charge in [-0.05, 0) is 5.56 Å². The predicted molar refractivity (Wildman–Crippen MR) is 98.8 cm³/mol. The van der Waals surface area contributed by atoms with Crippen LogP contribution >= 0.6 is 0 Å². The van der Waals surface area contributed by atoms with Crippen LogP contribution in [0.2, 0.25) is 0 Å². The monoisotopic (exact) mass is 435 g/mol. The predicted octanol–water partition coefficient (Wildman–Crippen LogP) is 0.872. The number of hydrogen-bond acceptors (Lipinski definition) is 10. The molecular weight excluding hydrogens is 414 g/mol. The van der Waals surface area contributed by atoms with E-state index in [1.165, 1.54) is 0 Å². The number of carbonyl (C=O) groups excluding carboxylic acids is 3. The first-order chi connectivity index (χ1) is 14.6. The van der Waals surface area contributed by atoms with Gasteiger partial charge in [0.2, 0.25) is 6.29 Å². The standard InChI is InChI=1S/C20H21NO10/c1-10(22)27-15-16(28-11(2)23)18(29-12(3)24)20(31-17(15)19(25)26)30-14(9-21)13-7-5-4-6-8-13/h4-8,14-18,20H,1-3H3,(H,25,26)/t14?,15-,16-,17-,18+,20?/m0/s1. The van der Waals surface area contributed by atoms with E-state index in [0.717, 1.165) is 20.8 Å². The minimum Gasteiger partial charge on any atom is -0.479 e. The number of nitriles is 1. The number of esters is 3. The molecule has 1 fully saturated rings. The Balaban J connectivity index is 2.47. The molecule has 0 amide bonds. The molecule has 0 bridgehead atoms. The molecule has 31 heavy (non-hydrogen) atoms. The minimum atomic E-state index is -1.83. The van der Waals surface area contributed by atoms with Gasteiger partial charge in [0, 0.05) is 20.8 Å². The molecule has 1 aromatic rings. The van der Waals surface area contributed by atoms with Crippen molar-refractivity contribution in [3.63, 3.8) is 0 Å². The van der Waals surface area contributed by atoms with Crippen LogP contribution in [-0.2, 0) is 42.9 Å². The fraction of sp³-hybridized carbons (Fsp3) is 0.450. The van der Waals surface area contributed by atoms with Crippen molar-refractivity contribution in [2.24, 2.45) is 0 Å². The molecule has 1 heterocycles. The lowest BCUT2D eigenvalue weighted by atomic mass is 9.97. The Kier molecular flexibility index (Phi) is 8.07. The molecular formula is C20H21NO10. The Morgan fingerprint density at radius 3 is 1.94 bits per heavy atom. The normalized spacial score (nSPS) is 26.1. The number of carboxylic acids is 1. The number of nitrogens with zero attached hydrogens (tertiary/aromatic N) is 1. The molecule has 0 aromatic heterocycles. The Bertz CT molecular complexity index is 864. The summed E-state index contributed by atoms with van der Waals surface area (Å²) >= 11 is 0. The fourth-order valence-corrected chi connectivity index (χ4v) is 3.03. The number of aliphatic carboxylic acids is 1. The van der Waals surface area contributed by atoms with Crippen LogP contribution in [0.15, 0.2) is 30.3 Å². The summed E-state index contributed by atoms with van der Waals surface area (Å²) in [4.78, 5) is 46.7. The molecule has 1 aromatic carbocycles. The topological polar surface area (TPSA) is 158 Å². The zero-order chi connectivity index (χ0) is 23.1. The van der Waals surface area contributed by atoms with Crippen LogP contribution in [-0.4, -0.2) is 59.7 Å². The summed E-state index contributed by atoms with van der Waals surface area (Å²) in [5.74, 6) is -4.12. The van der Waals surface area contributed by atoms with Crippen molar-refractivity contribution >= 4 is 23.9 Å². The third-order valence-electron chi connectivity index (χ3n) is 4.13. The van der Waals surface area contributed by atoms with E-state index in [-0.39, 0.29) is 0 Å². The summed E-state index contributed by atoms with van der Waals surface area (Å²) in [6.07, 6.45) is -9.44. The summed E-state index contributed by atoms with van der Waals surface area (Å²) < 4.78 is 26.4. The largest absolute Gasteiger partial charge is 0.479 e. The van der Waals surface area contributed by atoms with Crippen LogP contribution in [0.25, 0.3) is 0 Å². The van der Waals surface area contributed by atoms with Gasteiger partial charge in [0.05, 0.1) is 6.07 Å². The third kappa shape index (κ3) is 6.24. The van der Waals surface area contributed by atoms with Crippen LogP contribution in [0, 0.1) is 11.3 Å². The van der Waals surface area contributed by atoms with Crippen molar-refractivity contribution in [2.45, 2.75) is 57.6 Å². The van der Waals surface area contributed by atoms with E-state index in [0.29, 0.717) is 5.56 Å². The third-order valence-corrected chi connectivity index (χ3v) is 4.13. The van der Waals surface area contributed by atoms with E-state index >= 15 is 0 Å². The quantitative estimate of drug-likeness (QED) is 0.478. The fourth-order valence-electron chi connectivity index (χ4n) is 3.03. The molecule has 11 heteroatoms. The highest BCUT2D eigenvalue weighted by Crippen LogP contribution is 2.32. The number of benzene rings is 1. The average Bonchev–Trinajstić information content (AvgIpc) is 2.69. The van der Waals surface area contributed by atoms with Gasteiger partial charge in [-0.25, -0.2) is 4.79 Å². The van der Waals surface area contributed by atoms with Gasteiger partial charge in [-0.15, -0.1) is 0 Å². The number of carbonyl (C=O) groups is 4. The van der Waals surface area contributed by atoms with Crippen molar-refractivity contribution in [2.75, 3.05) is 0 Å². The van der Waals surface area contributed by atoms with Gasteiger partial charge < -0.3 is 28.8 Å². The molecule has 0 saturated carbocycles. The second-order valence-corrected chi connectivity index (χ2v) is 6.54. The van der Waals surface area contributed by atoms with Crippen molar-refractivity contribution in [1.29, 1.82) is 5.26 Å². The molecule has 2 rings (SSSR count). The molecule has 1 aliphatic heterocycles. The molecule has 1 saturated heterocycles. The van der Waals surface area contributed by atoms with Gasteiger partial charge in [-0.2, -0.15) is 5.26 Å². The smallest absolute Gasteiger partial charge is 0.337 e. The molecule has 6 atom stereocenters. The van der Waals surface area contributed by atoms with Crippen molar-refractivity contribution in [3.05, 3.63) is 35.9 Å². The highest BCUT2D eigenvalue weighted by atomic mass is 16.7. The van der Waals surface area contributed by atoms with Gasteiger partial charge in [0.25, 0.3) is 0 Å². The van der Waals surface area contributed by atoms with E-state index in [4.69, 9.17) is 23.7 Å². The van der Waals surface area contributed by atoms with Gasteiger partial charge in [-0.1, -0.05) is 30.3 Å². The first kappa shape index (κ1) is 23.8. The number of rotatable bonds is 7. The lowest BCUT2D eigenvalue weighted by Gasteiger charge is -2.43. The van der Waals surface area contributed by atoms with Gasteiger partial charge in [0.1, 0.15) is 0 Å². The minimum absolute atomic E-state index is 0.424. The lowest BCUT2D eigenvalue weighted by Crippen LogP contribution is -2.63. The summed E-state index contributed by atoms with van der Waals surface area (Å²) in [7, 11) is 0. The summed E-state index contributed by atoms with van der Waals surface area (Å²) in [5, 5.41) is 19.1. The second kappa shape index (κ2) is 10.5. The summed E-state index contributed by atoms with van der Waals surface area (Å²) in [5.41, 5.74) is 0.424. The Labute approximate surface area is 177 Å². The molecule has 1 N–H and O–H groups in total. The van der Waals surface area contributed by atoms with E-state index in [1.807, 2.05) is 6.07 Å². The zero-order valence-corrected chi connectivity index (χ0v) is 16.9. The number of hydrogen-bond donors (Lipinski definition) is 1. The highest BCUT2D eigenvalue weighted by molar-refractivity contribution is 5.75. The lowest BCUT2D eigenvalue weighted by molar-refractivity contribution is -0.307. The van der Waals surface area contributed by atoms with Crippen molar-refractivity contribution in [3.8, 4) is 6.07 Å². The SMILES string of the molecule is CC(=O)O[C@H]1[C@H](OC(C)=O)[C@@H](OC(C)=O)C(OC(C#N)c2ccccc2)O[C@@H]1C(=O)O. The maximum absolute atomic E-state index is 11.8. The van der Waals surface area contributed by atoms with Crippen LogP contribution in [0.1, 0.15) is 32.4 Å². The Morgan fingerprint density at radius 2 is 1.45 bits per heavy atom. The summed E-state index contributed by atoms with van der Waals surface area (Å²) in [6, 6.07) is 10.1. The van der Waals surface area contributed by atoms with E-state index in [2.05, 4.69) is 0 Å². The van der Waals surface area contributed by atoms with Crippen LogP contribution < -0.4 is 0 Å². The number of carboxylic acid groups (broad SMARTS) is 1. The van der Waals surface area contributed by atoms with Crippen LogP contribution in [0.5, 0.6) is 0 Å². The van der Waals surface area contributed by atoms with Crippen LogP contribution in [0.4, 0.5) is 0 Å². The van der Waals surface area contributed by atoms with Crippen molar-refractivity contribution < 1.29 is 48.0 Å². The molecule has 0 spiro atoms. The first-order valence-electron chi connectivity index (χ1n) is 9.14. The molecule has 166 valence electrons. The van der Waals surface area contributed by atoms with Gasteiger partial charge in [-0.3, -0.25) is 14.4 Å². The molecule has 2 unspecified atom stereocenters. The summed E-state index contributed by atoms with van der Waals surface area (Å²) in [6.45, 7) is 3.12. The van der Waals surface area contributed by atoms with E-state index in [9.17, 15) is 29.5 Å². The maximum Gasteiger partial charge on any atom is 0.337 e. The van der Waals surface area contributed by atoms with E-state index < -0.39 is 60.7 Å². The second-order valence-electron chi connectivity index (χ2n) is 6.54. The number of ether oxygens (including phenoxy) is 5.